The van der Waals surface area contributed by atoms with E-state index in [9.17, 15) is 9.90 Å². The first kappa shape index (κ1) is 12.0. The van der Waals surface area contributed by atoms with Crippen LogP contribution in [-0.4, -0.2) is 15.1 Å². The minimum atomic E-state index is -0.221. The smallest absolute Gasteiger partial charge is 0.252 e. The van der Waals surface area contributed by atoms with Gasteiger partial charge in [0.05, 0.1) is 0 Å². The molecule has 0 aliphatic rings. The van der Waals surface area contributed by atoms with Crippen LogP contribution in [0, 0.1) is 6.92 Å². The molecule has 1 aromatic heterocycles. The lowest BCUT2D eigenvalue weighted by atomic mass is 10.2. The zero-order chi connectivity index (χ0) is 13.1. The summed E-state index contributed by atoms with van der Waals surface area (Å²) in [6, 6.07) is 6.18. The number of aromatic nitrogens is 2. The van der Waals surface area contributed by atoms with Crippen molar-refractivity contribution in [3.05, 3.63) is 46.0 Å². The van der Waals surface area contributed by atoms with Crippen molar-refractivity contribution in [3.8, 4) is 5.75 Å². The molecule has 2 rings (SSSR count). The van der Waals surface area contributed by atoms with Crippen LogP contribution >= 0.6 is 0 Å². The molecule has 0 bridgehead atoms. The Morgan fingerprint density at radius 3 is 2.94 bits per heavy atom. The first-order valence-electron chi connectivity index (χ1n) is 5.44. The highest BCUT2D eigenvalue weighted by molar-refractivity contribution is 5.48. The predicted molar refractivity (Wildman–Crippen MR) is 69.4 cm³/mol. The van der Waals surface area contributed by atoms with Gasteiger partial charge in [0.2, 0.25) is 0 Å². The van der Waals surface area contributed by atoms with Crippen molar-refractivity contribution < 1.29 is 5.11 Å². The molecule has 1 heterocycles. The third kappa shape index (κ3) is 2.79. The number of aryl methyl sites for hydroxylation is 1. The number of nitrogen functional groups attached to an aromatic ring is 1. The molecule has 1 aromatic carbocycles. The molecule has 0 atom stereocenters. The van der Waals surface area contributed by atoms with Crippen molar-refractivity contribution in [2.75, 3.05) is 11.1 Å². The molecule has 6 heteroatoms. The quantitative estimate of drug-likeness (QED) is 0.477. The zero-order valence-corrected chi connectivity index (χ0v) is 9.90. The SMILES string of the molecule is Cc1nc(NCc2cc(N)ccc2O)cc(=O)[nH]1. The summed E-state index contributed by atoms with van der Waals surface area (Å²) in [6.45, 7) is 2.04. The third-order valence-electron chi connectivity index (χ3n) is 2.42. The Hall–Kier alpha value is -2.50. The minimum absolute atomic E-state index is 0.151. The molecule has 0 aliphatic carbocycles. The Labute approximate surface area is 104 Å². The number of nitrogens with one attached hydrogen (secondary N) is 2. The van der Waals surface area contributed by atoms with E-state index in [0.29, 0.717) is 29.4 Å². The van der Waals surface area contributed by atoms with Crippen LogP contribution < -0.4 is 16.6 Å². The Bertz CT molecular complexity index is 622. The second-order valence-electron chi connectivity index (χ2n) is 3.96. The maximum absolute atomic E-state index is 11.2. The second-order valence-corrected chi connectivity index (χ2v) is 3.96. The molecule has 6 nitrogen and oxygen atoms in total. The summed E-state index contributed by atoms with van der Waals surface area (Å²) in [4.78, 5) is 17.9. The van der Waals surface area contributed by atoms with E-state index in [1.54, 1.807) is 19.1 Å². The maximum atomic E-state index is 11.2. The van der Waals surface area contributed by atoms with Gasteiger partial charge < -0.3 is 21.1 Å². The van der Waals surface area contributed by atoms with E-state index in [0.717, 1.165) is 0 Å². The van der Waals surface area contributed by atoms with E-state index in [1.165, 1.54) is 12.1 Å². The van der Waals surface area contributed by atoms with Crippen molar-refractivity contribution in [1.29, 1.82) is 0 Å². The largest absolute Gasteiger partial charge is 0.508 e. The van der Waals surface area contributed by atoms with Crippen LogP contribution in [0.1, 0.15) is 11.4 Å². The summed E-state index contributed by atoms with van der Waals surface area (Å²) >= 11 is 0. The molecule has 0 fully saturated rings. The molecule has 0 unspecified atom stereocenters. The number of rotatable bonds is 3. The molecule has 0 radical (unpaired) electrons. The fraction of sp³-hybridized carbons (Fsp3) is 0.167. The zero-order valence-electron chi connectivity index (χ0n) is 9.90. The van der Waals surface area contributed by atoms with Crippen molar-refractivity contribution in [2.45, 2.75) is 13.5 Å². The first-order valence-corrected chi connectivity index (χ1v) is 5.44. The minimum Gasteiger partial charge on any atom is -0.508 e. The highest BCUT2D eigenvalue weighted by Gasteiger charge is 2.03. The molecule has 0 saturated heterocycles. The van der Waals surface area contributed by atoms with E-state index in [1.807, 2.05) is 0 Å². The lowest BCUT2D eigenvalue weighted by Crippen LogP contribution is -2.11. The summed E-state index contributed by atoms with van der Waals surface area (Å²) in [5.74, 6) is 1.14. The Kier molecular flexibility index (Phi) is 3.18. The maximum Gasteiger partial charge on any atom is 0.252 e. The molecular weight excluding hydrogens is 232 g/mol. The Morgan fingerprint density at radius 2 is 2.22 bits per heavy atom. The summed E-state index contributed by atoms with van der Waals surface area (Å²) in [6.07, 6.45) is 0. The number of phenols is 1. The van der Waals surface area contributed by atoms with Crippen molar-refractivity contribution in [1.82, 2.24) is 9.97 Å². The summed E-state index contributed by atoms with van der Waals surface area (Å²) in [7, 11) is 0. The predicted octanol–water partition coefficient (Wildman–Crippen LogP) is 0.978. The number of nitrogens with zero attached hydrogens (tertiary/aromatic N) is 1. The number of H-pyrrole nitrogens is 1. The second kappa shape index (κ2) is 4.79. The van der Waals surface area contributed by atoms with Crippen LogP contribution in [0.4, 0.5) is 11.5 Å². The van der Waals surface area contributed by atoms with Crippen LogP contribution in [0.15, 0.2) is 29.1 Å². The number of hydrogen-bond acceptors (Lipinski definition) is 5. The van der Waals surface area contributed by atoms with Gasteiger partial charge in [0.15, 0.2) is 0 Å². The first-order chi connectivity index (χ1) is 8.54. The van der Waals surface area contributed by atoms with Crippen molar-refractivity contribution in [2.24, 2.45) is 0 Å². The number of aromatic hydroxyl groups is 1. The van der Waals surface area contributed by atoms with Gasteiger partial charge in [0.25, 0.3) is 5.56 Å². The molecule has 0 spiro atoms. The number of benzene rings is 1. The molecule has 0 aliphatic heterocycles. The topological polar surface area (TPSA) is 104 Å². The van der Waals surface area contributed by atoms with Gasteiger partial charge in [-0.3, -0.25) is 4.79 Å². The van der Waals surface area contributed by atoms with Crippen LogP contribution in [0.25, 0.3) is 0 Å². The van der Waals surface area contributed by atoms with E-state index in [4.69, 9.17) is 5.73 Å². The van der Waals surface area contributed by atoms with Crippen molar-refractivity contribution in [3.63, 3.8) is 0 Å². The fourth-order valence-electron chi connectivity index (χ4n) is 1.60. The molecule has 18 heavy (non-hydrogen) atoms. The average molecular weight is 246 g/mol. The van der Waals surface area contributed by atoms with E-state index >= 15 is 0 Å². The molecule has 0 amide bonds. The number of phenolic OH excluding ortho intramolecular Hbond substituents is 1. The lowest BCUT2D eigenvalue weighted by molar-refractivity contribution is 0.469. The molecule has 94 valence electrons. The van der Waals surface area contributed by atoms with Gasteiger partial charge in [-0.25, -0.2) is 4.98 Å². The van der Waals surface area contributed by atoms with Gasteiger partial charge in [0.1, 0.15) is 17.4 Å². The van der Waals surface area contributed by atoms with Gasteiger partial charge in [-0.1, -0.05) is 0 Å². The van der Waals surface area contributed by atoms with Crippen LogP contribution in [0.5, 0.6) is 5.75 Å². The van der Waals surface area contributed by atoms with Gasteiger partial charge in [-0.05, 0) is 25.1 Å². The highest BCUT2D eigenvalue weighted by Crippen LogP contribution is 2.20. The lowest BCUT2D eigenvalue weighted by Gasteiger charge is -2.08. The third-order valence-corrected chi connectivity index (χ3v) is 2.42. The summed E-state index contributed by atoms with van der Waals surface area (Å²) in [5.41, 5.74) is 6.63. The molecule has 2 aromatic rings. The highest BCUT2D eigenvalue weighted by atomic mass is 16.3. The summed E-state index contributed by atoms with van der Waals surface area (Å²) < 4.78 is 0. The monoisotopic (exact) mass is 246 g/mol. The molecular formula is C12H14N4O2. The van der Waals surface area contributed by atoms with Gasteiger partial charge in [-0.15, -0.1) is 0 Å². The Balaban J connectivity index is 2.16. The number of hydrogen-bond donors (Lipinski definition) is 4. The van der Waals surface area contributed by atoms with E-state index in [2.05, 4.69) is 15.3 Å². The van der Waals surface area contributed by atoms with E-state index < -0.39 is 0 Å². The average Bonchev–Trinajstić information content (AvgIpc) is 2.29. The normalized spacial score (nSPS) is 10.3. The number of anilines is 2. The number of nitrogens with two attached hydrogens (primary N) is 1. The van der Waals surface area contributed by atoms with Crippen LogP contribution in [-0.2, 0) is 6.54 Å². The molecule has 5 N–H and O–H groups in total. The molecule has 0 saturated carbocycles. The van der Waals surface area contributed by atoms with Crippen LogP contribution in [0.3, 0.4) is 0 Å². The standard InChI is InChI=1S/C12H14N4O2/c1-7-15-11(5-12(18)16-7)14-6-8-4-9(13)2-3-10(8)17/h2-5,17H,6,13H2,1H3,(H2,14,15,16,18). The van der Waals surface area contributed by atoms with Crippen molar-refractivity contribution >= 4 is 11.5 Å². The Morgan fingerprint density at radius 1 is 1.44 bits per heavy atom. The van der Waals surface area contributed by atoms with Gasteiger partial charge in [-0.2, -0.15) is 0 Å². The fourth-order valence-corrected chi connectivity index (χ4v) is 1.60. The van der Waals surface area contributed by atoms with Gasteiger partial charge >= 0.3 is 0 Å². The van der Waals surface area contributed by atoms with Gasteiger partial charge in [0, 0.05) is 23.9 Å². The van der Waals surface area contributed by atoms with E-state index in [-0.39, 0.29) is 11.3 Å². The van der Waals surface area contributed by atoms with Crippen LogP contribution in [0.2, 0.25) is 0 Å². The number of aromatic amines is 1. The summed E-state index contributed by atoms with van der Waals surface area (Å²) in [5, 5.41) is 12.6.